The fraction of sp³-hybridized carbons (Fsp3) is 0.125. The molecule has 2 rings (SSSR count). The summed E-state index contributed by atoms with van der Waals surface area (Å²) < 4.78 is 0. The number of aryl methyl sites for hydroxylation is 1. The zero-order valence-electron chi connectivity index (χ0n) is 11.4. The lowest BCUT2D eigenvalue weighted by molar-refractivity contribution is -0.126. The molecule has 0 saturated carbocycles. The van der Waals surface area contributed by atoms with Gasteiger partial charge in [-0.15, -0.1) is 11.3 Å². The zero-order valence-corrected chi connectivity index (χ0v) is 12.2. The Labute approximate surface area is 127 Å². The van der Waals surface area contributed by atoms with Gasteiger partial charge in [0, 0.05) is 17.4 Å². The minimum Gasteiger partial charge on any atom is -0.273 e. The second-order valence-corrected chi connectivity index (χ2v) is 5.35. The molecule has 0 aliphatic rings. The van der Waals surface area contributed by atoms with Gasteiger partial charge in [0.15, 0.2) is 0 Å². The summed E-state index contributed by atoms with van der Waals surface area (Å²) in [4.78, 5) is 24.1. The smallest absolute Gasteiger partial charge is 0.262 e. The first-order valence-electron chi connectivity index (χ1n) is 6.58. The van der Waals surface area contributed by atoms with Gasteiger partial charge < -0.3 is 0 Å². The van der Waals surface area contributed by atoms with Crippen LogP contribution in [-0.4, -0.2) is 11.8 Å². The van der Waals surface area contributed by atoms with Crippen molar-refractivity contribution in [2.24, 2.45) is 0 Å². The van der Waals surface area contributed by atoms with Gasteiger partial charge in [0.1, 0.15) is 0 Å². The molecule has 0 radical (unpaired) electrons. The molecule has 1 aromatic carbocycles. The van der Waals surface area contributed by atoms with Crippen LogP contribution in [-0.2, 0) is 16.0 Å². The van der Waals surface area contributed by atoms with E-state index in [1.165, 1.54) is 6.08 Å². The van der Waals surface area contributed by atoms with E-state index in [-0.39, 0.29) is 11.8 Å². The molecule has 0 unspecified atom stereocenters. The maximum absolute atomic E-state index is 11.6. The van der Waals surface area contributed by atoms with E-state index in [4.69, 9.17) is 0 Å². The van der Waals surface area contributed by atoms with Gasteiger partial charge in [-0.2, -0.15) is 0 Å². The Morgan fingerprint density at radius 3 is 2.57 bits per heavy atom. The number of nitrogens with one attached hydrogen (secondary N) is 2. The van der Waals surface area contributed by atoms with Crippen molar-refractivity contribution in [3.05, 3.63) is 64.4 Å². The number of hydrazine groups is 1. The second-order valence-electron chi connectivity index (χ2n) is 4.37. The van der Waals surface area contributed by atoms with Gasteiger partial charge in [-0.3, -0.25) is 20.4 Å². The number of hydrogen-bond donors (Lipinski definition) is 2. The number of amides is 2. The standard InChI is InChI=1S/C16H16N2O2S/c19-15(10-8-13-5-2-1-3-6-13)17-18-16(20)11-9-14-7-4-12-21-14/h1-7,9,11-12H,8,10H2,(H,17,19)(H,18,20)/b11-9+. The molecule has 0 spiro atoms. The Morgan fingerprint density at radius 1 is 1.05 bits per heavy atom. The normalized spacial score (nSPS) is 10.5. The number of thiophene rings is 1. The lowest BCUT2D eigenvalue weighted by atomic mass is 10.1. The lowest BCUT2D eigenvalue weighted by Crippen LogP contribution is -2.40. The van der Waals surface area contributed by atoms with Crippen LogP contribution in [0.5, 0.6) is 0 Å². The predicted molar refractivity (Wildman–Crippen MR) is 84.4 cm³/mol. The highest BCUT2D eigenvalue weighted by atomic mass is 32.1. The molecule has 108 valence electrons. The lowest BCUT2D eigenvalue weighted by Gasteiger charge is -2.05. The number of carbonyl (C=O) groups is 2. The highest BCUT2D eigenvalue weighted by molar-refractivity contribution is 7.10. The number of carbonyl (C=O) groups excluding carboxylic acids is 2. The number of rotatable bonds is 5. The van der Waals surface area contributed by atoms with Crippen LogP contribution >= 0.6 is 11.3 Å². The Kier molecular flexibility index (Phi) is 5.72. The van der Waals surface area contributed by atoms with E-state index in [9.17, 15) is 9.59 Å². The van der Waals surface area contributed by atoms with Crippen molar-refractivity contribution < 1.29 is 9.59 Å². The van der Waals surface area contributed by atoms with Crippen molar-refractivity contribution in [1.82, 2.24) is 10.9 Å². The SMILES string of the molecule is O=C(/C=C/c1cccs1)NNC(=O)CCc1ccccc1. The van der Waals surface area contributed by atoms with Gasteiger partial charge in [0.05, 0.1) is 0 Å². The van der Waals surface area contributed by atoms with Crippen LogP contribution in [0.4, 0.5) is 0 Å². The number of hydrogen-bond acceptors (Lipinski definition) is 3. The Morgan fingerprint density at radius 2 is 1.86 bits per heavy atom. The molecule has 0 fully saturated rings. The van der Waals surface area contributed by atoms with Gasteiger partial charge in [0.2, 0.25) is 5.91 Å². The average molecular weight is 300 g/mol. The van der Waals surface area contributed by atoms with Crippen LogP contribution in [0.15, 0.2) is 53.9 Å². The molecule has 0 saturated heterocycles. The van der Waals surface area contributed by atoms with E-state index < -0.39 is 0 Å². The van der Waals surface area contributed by atoms with Crippen LogP contribution in [0.3, 0.4) is 0 Å². The third-order valence-corrected chi connectivity index (χ3v) is 3.59. The van der Waals surface area contributed by atoms with Crippen LogP contribution in [0, 0.1) is 0 Å². The van der Waals surface area contributed by atoms with Crippen molar-refractivity contribution in [3.63, 3.8) is 0 Å². The zero-order chi connectivity index (χ0) is 14.9. The van der Waals surface area contributed by atoms with E-state index in [0.717, 1.165) is 10.4 Å². The van der Waals surface area contributed by atoms with Crippen molar-refractivity contribution in [1.29, 1.82) is 0 Å². The average Bonchev–Trinajstić information content (AvgIpc) is 3.03. The molecule has 2 N–H and O–H groups in total. The fourth-order valence-corrected chi connectivity index (χ4v) is 2.30. The fourth-order valence-electron chi connectivity index (χ4n) is 1.68. The predicted octanol–water partition coefficient (Wildman–Crippen LogP) is 2.54. The van der Waals surface area contributed by atoms with Crippen molar-refractivity contribution in [2.75, 3.05) is 0 Å². The van der Waals surface area contributed by atoms with E-state index in [1.807, 2.05) is 47.8 Å². The van der Waals surface area contributed by atoms with Crippen LogP contribution in [0.1, 0.15) is 16.9 Å². The van der Waals surface area contributed by atoms with Crippen molar-refractivity contribution in [2.45, 2.75) is 12.8 Å². The van der Waals surface area contributed by atoms with Gasteiger partial charge in [-0.1, -0.05) is 36.4 Å². The molecule has 2 aromatic rings. The van der Waals surface area contributed by atoms with Gasteiger partial charge >= 0.3 is 0 Å². The molecular formula is C16H16N2O2S. The highest BCUT2D eigenvalue weighted by Gasteiger charge is 2.03. The first-order valence-corrected chi connectivity index (χ1v) is 7.46. The molecule has 0 atom stereocenters. The molecule has 21 heavy (non-hydrogen) atoms. The van der Waals surface area contributed by atoms with E-state index >= 15 is 0 Å². The minimum absolute atomic E-state index is 0.211. The van der Waals surface area contributed by atoms with Crippen LogP contribution in [0.25, 0.3) is 6.08 Å². The largest absolute Gasteiger partial charge is 0.273 e. The molecule has 0 aliphatic heterocycles. The topological polar surface area (TPSA) is 58.2 Å². The molecule has 1 aromatic heterocycles. The van der Waals surface area contributed by atoms with E-state index in [2.05, 4.69) is 10.9 Å². The van der Waals surface area contributed by atoms with Crippen molar-refractivity contribution in [3.8, 4) is 0 Å². The van der Waals surface area contributed by atoms with Crippen molar-refractivity contribution >= 4 is 29.2 Å². The Hall–Kier alpha value is -2.40. The molecule has 1 heterocycles. The molecule has 4 nitrogen and oxygen atoms in total. The molecule has 0 aliphatic carbocycles. The summed E-state index contributed by atoms with van der Waals surface area (Å²) in [6, 6.07) is 13.6. The summed E-state index contributed by atoms with van der Waals surface area (Å²) in [6.07, 6.45) is 4.08. The summed E-state index contributed by atoms with van der Waals surface area (Å²) in [5.41, 5.74) is 5.85. The second kappa shape index (κ2) is 8.01. The molecular weight excluding hydrogens is 284 g/mol. The molecule has 5 heteroatoms. The van der Waals surface area contributed by atoms with Crippen LogP contribution in [0.2, 0.25) is 0 Å². The highest BCUT2D eigenvalue weighted by Crippen LogP contribution is 2.09. The first kappa shape index (κ1) is 15.0. The molecule has 2 amide bonds. The maximum Gasteiger partial charge on any atom is 0.262 e. The summed E-state index contributed by atoms with van der Waals surface area (Å²) in [7, 11) is 0. The van der Waals surface area contributed by atoms with Crippen LogP contribution < -0.4 is 10.9 Å². The monoisotopic (exact) mass is 300 g/mol. The third-order valence-electron chi connectivity index (χ3n) is 2.75. The van der Waals surface area contributed by atoms with Gasteiger partial charge in [-0.25, -0.2) is 0 Å². The Balaban J connectivity index is 1.68. The van der Waals surface area contributed by atoms with E-state index in [0.29, 0.717) is 12.8 Å². The van der Waals surface area contributed by atoms with Gasteiger partial charge in [-0.05, 0) is 29.5 Å². The van der Waals surface area contributed by atoms with Gasteiger partial charge in [0.25, 0.3) is 5.91 Å². The van der Waals surface area contributed by atoms with E-state index in [1.54, 1.807) is 17.4 Å². The summed E-state index contributed by atoms with van der Waals surface area (Å²) >= 11 is 1.54. The maximum atomic E-state index is 11.6. The Bertz CT molecular complexity index is 606. The third kappa shape index (κ3) is 5.62. The molecule has 0 bridgehead atoms. The summed E-state index contributed by atoms with van der Waals surface area (Å²) in [5, 5.41) is 1.93. The summed E-state index contributed by atoms with van der Waals surface area (Å²) in [5.74, 6) is -0.562. The minimum atomic E-state index is -0.350. The number of benzene rings is 1. The quantitative estimate of drug-likeness (QED) is 0.658. The summed E-state index contributed by atoms with van der Waals surface area (Å²) in [6.45, 7) is 0. The first-order chi connectivity index (χ1) is 10.2.